The summed E-state index contributed by atoms with van der Waals surface area (Å²) in [6.07, 6.45) is 10.1. The van der Waals surface area contributed by atoms with Crippen LogP contribution in [-0.4, -0.2) is 37.3 Å². The molecule has 2 aliphatic rings. The Morgan fingerprint density at radius 3 is 1.44 bits per heavy atom. The van der Waals surface area contributed by atoms with E-state index in [9.17, 15) is 0 Å². The van der Waals surface area contributed by atoms with Crippen LogP contribution in [0.15, 0.2) is 0 Å². The number of nitrogens with one attached hydrogen (secondary N) is 2. The van der Waals surface area contributed by atoms with Crippen molar-refractivity contribution in [2.45, 2.75) is 75.5 Å². The molecule has 4 atom stereocenters. The largest absolute Gasteiger partial charge is 0.326 e. The van der Waals surface area contributed by atoms with Crippen molar-refractivity contribution in [3.05, 3.63) is 0 Å². The summed E-state index contributed by atoms with van der Waals surface area (Å²) in [7, 11) is 0. The van der Waals surface area contributed by atoms with Gasteiger partial charge in [-0.05, 0) is 25.7 Å². The van der Waals surface area contributed by atoms with Crippen molar-refractivity contribution in [2.75, 3.05) is 13.1 Å². The van der Waals surface area contributed by atoms with Crippen LogP contribution >= 0.6 is 0 Å². The summed E-state index contributed by atoms with van der Waals surface area (Å²) in [4.78, 5) is 0. The molecule has 6 N–H and O–H groups in total. The predicted octanol–water partition coefficient (Wildman–Crippen LogP) is 0.705. The number of hydrogen-bond acceptors (Lipinski definition) is 4. The van der Waals surface area contributed by atoms with Gasteiger partial charge in [-0.2, -0.15) is 0 Å². The van der Waals surface area contributed by atoms with Crippen LogP contribution in [0.5, 0.6) is 0 Å². The van der Waals surface area contributed by atoms with Crippen LogP contribution in [0.1, 0.15) is 51.4 Å². The molecule has 0 aromatic heterocycles. The molecule has 0 saturated heterocycles. The summed E-state index contributed by atoms with van der Waals surface area (Å²) < 4.78 is 0. The van der Waals surface area contributed by atoms with Crippen molar-refractivity contribution >= 4 is 0 Å². The SMILES string of the molecule is N[C@@H]1CCCCC1NCCN[C@H]1CCCC[C@@H]1N. The first-order valence-electron chi connectivity index (χ1n) is 7.75. The third-order valence-corrected chi connectivity index (χ3v) is 4.58. The van der Waals surface area contributed by atoms with Gasteiger partial charge in [-0.15, -0.1) is 0 Å². The zero-order valence-electron chi connectivity index (χ0n) is 11.5. The van der Waals surface area contributed by atoms with E-state index >= 15 is 0 Å². The van der Waals surface area contributed by atoms with Crippen molar-refractivity contribution in [3.8, 4) is 0 Å². The Bertz CT molecular complexity index is 210. The lowest BCUT2D eigenvalue weighted by Crippen LogP contribution is -2.51. The molecule has 0 radical (unpaired) electrons. The van der Waals surface area contributed by atoms with Crippen LogP contribution < -0.4 is 22.1 Å². The predicted molar refractivity (Wildman–Crippen MR) is 76.5 cm³/mol. The van der Waals surface area contributed by atoms with E-state index < -0.39 is 0 Å². The molecular weight excluding hydrogens is 224 g/mol. The summed E-state index contributed by atoms with van der Waals surface area (Å²) in [6, 6.07) is 1.77. The van der Waals surface area contributed by atoms with Gasteiger partial charge in [0.2, 0.25) is 0 Å². The Kier molecular flexibility index (Phi) is 5.89. The van der Waals surface area contributed by atoms with Gasteiger partial charge >= 0.3 is 0 Å². The van der Waals surface area contributed by atoms with Crippen LogP contribution in [0.4, 0.5) is 0 Å². The van der Waals surface area contributed by atoms with Gasteiger partial charge in [-0.1, -0.05) is 25.7 Å². The van der Waals surface area contributed by atoms with E-state index in [1.165, 1.54) is 51.4 Å². The molecule has 18 heavy (non-hydrogen) atoms. The Hall–Kier alpha value is -0.160. The van der Waals surface area contributed by atoms with Crippen LogP contribution in [0.25, 0.3) is 0 Å². The van der Waals surface area contributed by atoms with Crippen molar-refractivity contribution < 1.29 is 0 Å². The minimum absolute atomic E-state index is 0.357. The quantitative estimate of drug-likeness (QED) is 0.545. The summed E-state index contributed by atoms with van der Waals surface area (Å²) >= 11 is 0. The van der Waals surface area contributed by atoms with Gasteiger partial charge < -0.3 is 22.1 Å². The standard InChI is InChI=1S/C14H30N4/c15-11-5-1-3-7-13(11)17-9-10-18-14-8-4-2-6-12(14)16/h11-14,17-18H,1-10,15-16H2/t11-,12+,13-,14?/m0/s1. The zero-order chi connectivity index (χ0) is 12.8. The molecule has 2 aliphatic carbocycles. The highest BCUT2D eigenvalue weighted by atomic mass is 15.0. The topological polar surface area (TPSA) is 76.1 Å². The molecule has 0 spiro atoms. The lowest BCUT2D eigenvalue weighted by atomic mass is 9.90. The van der Waals surface area contributed by atoms with Gasteiger partial charge in [0.1, 0.15) is 0 Å². The fourth-order valence-electron chi connectivity index (χ4n) is 3.34. The second kappa shape index (κ2) is 7.43. The highest BCUT2D eigenvalue weighted by molar-refractivity contribution is 4.86. The Labute approximate surface area is 111 Å². The van der Waals surface area contributed by atoms with E-state index in [2.05, 4.69) is 10.6 Å². The van der Waals surface area contributed by atoms with Gasteiger partial charge in [0.15, 0.2) is 0 Å². The first-order chi connectivity index (χ1) is 8.77. The molecule has 0 aromatic carbocycles. The summed E-state index contributed by atoms with van der Waals surface area (Å²) in [5, 5.41) is 7.19. The van der Waals surface area contributed by atoms with Crippen LogP contribution in [0.3, 0.4) is 0 Å². The van der Waals surface area contributed by atoms with Gasteiger partial charge in [-0.25, -0.2) is 0 Å². The van der Waals surface area contributed by atoms with E-state index in [1.54, 1.807) is 0 Å². The molecule has 2 fully saturated rings. The van der Waals surface area contributed by atoms with Crippen LogP contribution in [0.2, 0.25) is 0 Å². The molecule has 1 unspecified atom stereocenters. The lowest BCUT2D eigenvalue weighted by Gasteiger charge is -2.31. The molecule has 0 amide bonds. The van der Waals surface area contributed by atoms with E-state index in [1.807, 2.05) is 0 Å². The molecule has 106 valence electrons. The maximum absolute atomic E-state index is 6.12. The molecule has 4 nitrogen and oxygen atoms in total. The van der Waals surface area contributed by atoms with Crippen molar-refractivity contribution in [3.63, 3.8) is 0 Å². The third kappa shape index (κ3) is 4.19. The monoisotopic (exact) mass is 254 g/mol. The normalized spacial score (nSPS) is 37.7. The first-order valence-corrected chi connectivity index (χ1v) is 7.75. The van der Waals surface area contributed by atoms with E-state index in [0.717, 1.165) is 13.1 Å². The average Bonchev–Trinajstić information content (AvgIpc) is 2.38. The van der Waals surface area contributed by atoms with Gasteiger partial charge in [0.05, 0.1) is 0 Å². The summed E-state index contributed by atoms with van der Waals surface area (Å²) in [5.74, 6) is 0. The molecule has 2 rings (SSSR count). The van der Waals surface area contributed by atoms with E-state index in [4.69, 9.17) is 11.5 Å². The molecule has 0 aromatic rings. The maximum Gasteiger partial charge on any atom is 0.0219 e. The fourth-order valence-corrected chi connectivity index (χ4v) is 3.34. The molecule has 0 bridgehead atoms. The molecule has 2 saturated carbocycles. The second-order valence-corrected chi connectivity index (χ2v) is 6.02. The second-order valence-electron chi connectivity index (χ2n) is 6.02. The highest BCUT2D eigenvalue weighted by Crippen LogP contribution is 2.17. The molecular formula is C14H30N4. The maximum atomic E-state index is 6.12. The summed E-state index contributed by atoms with van der Waals surface area (Å²) in [5.41, 5.74) is 12.2. The average molecular weight is 254 g/mol. The van der Waals surface area contributed by atoms with Crippen LogP contribution in [-0.2, 0) is 0 Å². The van der Waals surface area contributed by atoms with Crippen molar-refractivity contribution in [1.82, 2.24) is 10.6 Å². The Balaban J connectivity index is 1.57. The number of rotatable bonds is 5. The van der Waals surface area contributed by atoms with E-state index in [0.29, 0.717) is 24.2 Å². The molecule has 0 aliphatic heterocycles. The van der Waals surface area contributed by atoms with E-state index in [-0.39, 0.29) is 0 Å². The summed E-state index contributed by atoms with van der Waals surface area (Å²) in [6.45, 7) is 2.03. The highest BCUT2D eigenvalue weighted by Gasteiger charge is 2.22. The van der Waals surface area contributed by atoms with Crippen molar-refractivity contribution in [2.24, 2.45) is 11.5 Å². The van der Waals surface area contributed by atoms with Gasteiger partial charge in [0.25, 0.3) is 0 Å². The Morgan fingerprint density at radius 1 is 0.667 bits per heavy atom. The molecule has 4 heteroatoms. The number of nitrogens with two attached hydrogens (primary N) is 2. The minimum atomic E-state index is 0.357. The van der Waals surface area contributed by atoms with Gasteiger partial charge in [0, 0.05) is 37.3 Å². The smallest absolute Gasteiger partial charge is 0.0219 e. The molecule has 0 heterocycles. The third-order valence-electron chi connectivity index (χ3n) is 4.58. The lowest BCUT2D eigenvalue weighted by molar-refractivity contribution is 0.306. The Morgan fingerprint density at radius 2 is 1.06 bits per heavy atom. The fraction of sp³-hybridized carbons (Fsp3) is 1.00. The van der Waals surface area contributed by atoms with Crippen LogP contribution in [0, 0.1) is 0 Å². The van der Waals surface area contributed by atoms with Crippen molar-refractivity contribution in [1.29, 1.82) is 0 Å². The zero-order valence-corrected chi connectivity index (χ0v) is 11.5. The first kappa shape index (κ1) is 14.3. The number of hydrogen-bond donors (Lipinski definition) is 4. The van der Waals surface area contributed by atoms with Gasteiger partial charge in [-0.3, -0.25) is 0 Å². The minimum Gasteiger partial charge on any atom is -0.326 e.